The average Bonchev–Trinajstić information content (AvgIpc) is 2.69. The first kappa shape index (κ1) is 11.2. The Morgan fingerprint density at radius 3 is 2.79 bits per heavy atom. The summed E-state index contributed by atoms with van der Waals surface area (Å²) in [6.45, 7) is 4.89. The Morgan fingerprint density at radius 1 is 1.21 bits per heavy atom. The summed E-state index contributed by atoms with van der Waals surface area (Å²) in [5, 5.41) is 0. The zero-order valence-corrected chi connectivity index (χ0v) is 8.98. The minimum atomic E-state index is 0.842. The van der Waals surface area contributed by atoms with E-state index in [9.17, 15) is 0 Å². The van der Waals surface area contributed by atoms with E-state index in [0.29, 0.717) is 0 Å². The Bertz CT molecular complexity index is 209. The van der Waals surface area contributed by atoms with Gasteiger partial charge in [0.15, 0.2) is 0 Å². The van der Waals surface area contributed by atoms with Gasteiger partial charge in [-0.3, -0.25) is 0 Å². The fourth-order valence-electron chi connectivity index (χ4n) is 1.42. The normalized spacial score (nSPS) is 10.6. The lowest BCUT2D eigenvalue weighted by Crippen LogP contribution is -1.96. The van der Waals surface area contributed by atoms with Crippen molar-refractivity contribution in [3.05, 3.63) is 18.7 Å². The van der Waals surface area contributed by atoms with E-state index in [1.807, 2.05) is 25.6 Å². The van der Waals surface area contributed by atoms with Gasteiger partial charge in [-0.25, -0.2) is 4.98 Å². The fraction of sp³-hybridized carbons (Fsp3) is 0.727. The van der Waals surface area contributed by atoms with Crippen LogP contribution in [-0.2, 0) is 11.3 Å². The summed E-state index contributed by atoms with van der Waals surface area (Å²) in [7, 11) is 0. The highest BCUT2D eigenvalue weighted by Gasteiger charge is 1.91. The summed E-state index contributed by atoms with van der Waals surface area (Å²) in [6.07, 6.45) is 10.7. The van der Waals surface area contributed by atoms with Crippen LogP contribution in [0.25, 0.3) is 0 Å². The largest absolute Gasteiger partial charge is 0.382 e. The molecule has 0 radical (unpaired) electrons. The van der Waals surface area contributed by atoms with Crippen LogP contribution in [0.4, 0.5) is 0 Å². The third-order valence-corrected chi connectivity index (χ3v) is 2.22. The molecule has 1 aromatic rings. The molecule has 3 heteroatoms. The molecule has 0 aliphatic carbocycles. The number of aromatic nitrogens is 2. The molecule has 0 amide bonds. The van der Waals surface area contributed by atoms with E-state index in [1.165, 1.54) is 25.7 Å². The zero-order chi connectivity index (χ0) is 10.1. The highest BCUT2D eigenvalue weighted by Crippen LogP contribution is 2.02. The molecule has 0 atom stereocenters. The summed E-state index contributed by atoms with van der Waals surface area (Å²) in [5.41, 5.74) is 0. The molecule has 0 aliphatic rings. The van der Waals surface area contributed by atoms with Gasteiger partial charge in [0.25, 0.3) is 0 Å². The first-order chi connectivity index (χ1) is 6.93. The molecule has 0 saturated carbocycles. The smallest absolute Gasteiger partial charge is 0.0945 e. The second-order valence-corrected chi connectivity index (χ2v) is 3.41. The van der Waals surface area contributed by atoms with E-state index in [4.69, 9.17) is 4.74 Å². The number of unbranched alkanes of at least 4 members (excludes halogenated alkanes) is 3. The van der Waals surface area contributed by atoms with Crippen molar-refractivity contribution in [2.75, 3.05) is 13.2 Å². The van der Waals surface area contributed by atoms with Crippen LogP contribution < -0.4 is 0 Å². The van der Waals surface area contributed by atoms with E-state index < -0.39 is 0 Å². The molecular formula is C11H20N2O. The third-order valence-electron chi connectivity index (χ3n) is 2.22. The van der Waals surface area contributed by atoms with Crippen LogP contribution in [0.15, 0.2) is 18.7 Å². The van der Waals surface area contributed by atoms with Crippen LogP contribution in [0.5, 0.6) is 0 Å². The molecule has 1 heterocycles. The maximum Gasteiger partial charge on any atom is 0.0945 e. The number of aryl methyl sites for hydroxylation is 1. The number of nitrogens with zero attached hydrogens (tertiary/aromatic N) is 2. The van der Waals surface area contributed by atoms with E-state index in [2.05, 4.69) is 9.55 Å². The van der Waals surface area contributed by atoms with Crippen LogP contribution in [0.3, 0.4) is 0 Å². The van der Waals surface area contributed by atoms with Crippen LogP contribution in [0.1, 0.15) is 32.6 Å². The van der Waals surface area contributed by atoms with Crippen molar-refractivity contribution in [1.82, 2.24) is 9.55 Å². The molecule has 0 spiro atoms. The molecule has 0 bridgehead atoms. The summed E-state index contributed by atoms with van der Waals surface area (Å²) in [4.78, 5) is 4.00. The molecular weight excluding hydrogens is 176 g/mol. The molecule has 80 valence electrons. The molecule has 1 rings (SSSR count). The van der Waals surface area contributed by atoms with Crippen molar-refractivity contribution in [1.29, 1.82) is 0 Å². The van der Waals surface area contributed by atoms with Crippen LogP contribution >= 0.6 is 0 Å². The molecule has 0 unspecified atom stereocenters. The second-order valence-electron chi connectivity index (χ2n) is 3.41. The van der Waals surface area contributed by atoms with Gasteiger partial charge in [0.2, 0.25) is 0 Å². The minimum Gasteiger partial charge on any atom is -0.382 e. The van der Waals surface area contributed by atoms with E-state index >= 15 is 0 Å². The quantitative estimate of drug-likeness (QED) is 0.597. The van der Waals surface area contributed by atoms with Crippen molar-refractivity contribution >= 4 is 0 Å². The topological polar surface area (TPSA) is 27.1 Å². The van der Waals surface area contributed by atoms with Gasteiger partial charge < -0.3 is 9.30 Å². The highest BCUT2D eigenvalue weighted by molar-refractivity contribution is 4.73. The summed E-state index contributed by atoms with van der Waals surface area (Å²) in [6, 6.07) is 0. The molecule has 0 aliphatic heterocycles. The molecule has 14 heavy (non-hydrogen) atoms. The van der Waals surface area contributed by atoms with Gasteiger partial charge in [-0.2, -0.15) is 0 Å². The first-order valence-corrected chi connectivity index (χ1v) is 5.47. The van der Waals surface area contributed by atoms with Gasteiger partial charge in [0.05, 0.1) is 6.33 Å². The monoisotopic (exact) mass is 196 g/mol. The maximum atomic E-state index is 5.27. The lowest BCUT2D eigenvalue weighted by molar-refractivity contribution is 0.143. The summed E-state index contributed by atoms with van der Waals surface area (Å²) >= 11 is 0. The maximum absolute atomic E-state index is 5.27. The van der Waals surface area contributed by atoms with Gasteiger partial charge in [-0.05, 0) is 19.8 Å². The Labute approximate surface area is 86.1 Å². The highest BCUT2D eigenvalue weighted by atomic mass is 16.5. The second kappa shape index (κ2) is 7.56. The SMILES string of the molecule is CCOCCCCCCn1ccnc1. The van der Waals surface area contributed by atoms with Crippen LogP contribution in [-0.4, -0.2) is 22.8 Å². The number of hydrogen-bond donors (Lipinski definition) is 0. The van der Waals surface area contributed by atoms with E-state index in [1.54, 1.807) is 0 Å². The third kappa shape index (κ3) is 5.02. The first-order valence-electron chi connectivity index (χ1n) is 5.47. The number of imidazole rings is 1. The fourth-order valence-corrected chi connectivity index (χ4v) is 1.42. The lowest BCUT2D eigenvalue weighted by Gasteiger charge is -2.02. The van der Waals surface area contributed by atoms with Crippen molar-refractivity contribution in [3.63, 3.8) is 0 Å². The Hall–Kier alpha value is -0.830. The van der Waals surface area contributed by atoms with E-state index in [0.717, 1.165) is 19.8 Å². The van der Waals surface area contributed by atoms with Crippen molar-refractivity contribution < 1.29 is 4.74 Å². The van der Waals surface area contributed by atoms with Crippen molar-refractivity contribution in [2.24, 2.45) is 0 Å². The molecule has 0 N–H and O–H groups in total. The summed E-state index contributed by atoms with van der Waals surface area (Å²) in [5.74, 6) is 0. The molecule has 0 aromatic carbocycles. The predicted octanol–water partition coefficient (Wildman–Crippen LogP) is 2.48. The van der Waals surface area contributed by atoms with E-state index in [-0.39, 0.29) is 0 Å². The van der Waals surface area contributed by atoms with Gasteiger partial charge >= 0.3 is 0 Å². The van der Waals surface area contributed by atoms with Gasteiger partial charge in [0.1, 0.15) is 0 Å². The van der Waals surface area contributed by atoms with Crippen molar-refractivity contribution in [2.45, 2.75) is 39.2 Å². The predicted molar refractivity (Wildman–Crippen MR) is 57.2 cm³/mol. The van der Waals surface area contributed by atoms with Crippen molar-refractivity contribution in [3.8, 4) is 0 Å². The number of hydrogen-bond acceptors (Lipinski definition) is 2. The standard InChI is InChI=1S/C11H20N2O/c1-2-14-10-6-4-3-5-8-13-9-7-12-11-13/h7,9,11H,2-6,8,10H2,1H3. The van der Waals surface area contributed by atoms with Crippen LogP contribution in [0, 0.1) is 0 Å². The lowest BCUT2D eigenvalue weighted by atomic mass is 10.2. The molecule has 1 aromatic heterocycles. The molecule has 3 nitrogen and oxygen atoms in total. The Balaban J connectivity index is 1.85. The Kier molecular flexibility index (Phi) is 6.07. The molecule has 0 saturated heterocycles. The summed E-state index contributed by atoms with van der Waals surface area (Å²) < 4.78 is 7.40. The van der Waals surface area contributed by atoms with Gasteiger partial charge in [0, 0.05) is 32.2 Å². The number of rotatable bonds is 8. The minimum absolute atomic E-state index is 0.842. The average molecular weight is 196 g/mol. The molecule has 0 fully saturated rings. The van der Waals surface area contributed by atoms with Gasteiger partial charge in [-0.1, -0.05) is 12.8 Å². The van der Waals surface area contributed by atoms with Crippen LogP contribution in [0.2, 0.25) is 0 Å². The van der Waals surface area contributed by atoms with Gasteiger partial charge in [-0.15, -0.1) is 0 Å². The Morgan fingerprint density at radius 2 is 2.07 bits per heavy atom. The number of ether oxygens (including phenoxy) is 1. The zero-order valence-electron chi connectivity index (χ0n) is 8.98.